The van der Waals surface area contributed by atoms with Gasteiger partial charge in [-0.15, -0.1) is 0 Å². The lowest BCUT2D eigenvalue weighted by Crippen LogP contribution is -2.42. The van der Waals surface area contributed by atoms with Crippen LogP contribution < -0.4 is 10.1 Å². The van der Waals surface area contributed by atoms with E-state index in [1.54, 1.807) is 47.5 Å². The number of amides is 2. The molecule has 1 N–H and O–H groups in total. The second-order valence-electron chi connectivity index (χ2n) is 5.50. The number of benzene rings is 1. The molecule has 2 amide bonds. The molecule has 1 aromatic carbocycles. The lowest BCUT2D eigenvalue weighted by Gasteiger charge is -2.26. The Bertz CT molecular complexity index is 713. The normalized spacial score (nSPS) is 14.0. The van der Waals surface area contributed by atoms with Crippen molar-refractivity contribution in [1.82, 2.24) is 9.88 Å². The molecule has 0 radical (unpaired) electrons. The van der Waals surface area contributed by atoms with Gasteiger partial charge in [-0.1, -0.05) is 0 Å². The zero-order valence-electron chi connectivity index (χ0n) is 13.7. The van der Waals surface area contributed by atoms with Gasteiger partial charge in [-0.3, -0.25) is 14.6 Å². The van der Waals surface area contributed by atoms with Crippen molar-refractivity contribution in [1.29, 1.82) is 0 Å². The highest BCUT2D eigenvalue weighted by Crippen LogP contribution is 2.16. The summed E-state index contributed by atoms with van der Waals surface area (Å²) >= 11 is 0. The van der Waals surface area contributed by atoms with E-state index in [1.165, 1.54) is 6.20 Å². The number of carbonyl (C=O) groups is 2. The van der Waals surface area contributed by atoms with Crippen LogP contribution in [0.2, 0.25) is 0 Å². The maximum absolute atomic E-state index is 12.0. The predicted molar refractivity (Wildman–Crippen MR) is 91.5 cm³/mol. The third-order valence-corrected chi connectivity index (χ3v) is 3.76. The molecule has 7 nitrogen and oxygen atoms in total. The molecule has 0 atom stereocenters. The minimum atomic E-state index is -0.232. The highest BCUT2D eigenvalue weighted by molar-refractivity contribution is 6.04. The second-order valence-corrected chi connectivity index (χ2v) is 5.50. The predicted octanol–water partition coefficient (Wildman–Crippen LogP) is 1.57. The third kappa shape index (κ3) is 4.77. The molecular formula is C18H19N3O4. The summed E-state index contributed by atoms with van der Waals surface area (Å²) in [5.74, 6) is 0.280. The van der Waals surface area contributed by atoms with Crippen LogP contribution in [-0.2, 0) is 9.53 Å². The van der Waals surface area contributed by atoms with E-state index < -0.39 is 0 Å². The number of morpholine rings is 1. The maximum Gasteiger partial charge on any atom is 0.260 e. The van der Waals surface area contributed by atoms with Gasteiger partial charge < -0.3 is 19.7 Å². The summed E-state index contributed by atoms with van der Waals surface area (Å²) in [7, 11) is 0. The Morgan fingerprint density at radius 2 is 1.92 bits per heavy atom. The molecule has 3 rings (SSSR count). The fourth-order valence-corrected chi connectivity index (χ4v) is 2.38. The van der Waals surface area contributed by atoms with Crippen LogP contribution in [0, 0.1) is 0 Å². The first-order valence-corrected chi connectivity index (χ1v) is 8.02. The number of carbonyl (C=O) groups excluding carboxylic acids is 2. The zero-order valence-corrected chi connectivity index (χ0v) is 13.7. The number of anilines is 1. The van der Waals surface area contributed by atoms with Crippen molar-refractivity contribution in [3.05, 3.63) is 54.4 Å². The van der Waals surface area contributed by atoms with Crippen LogP contribution >= 0.6 is 0 Å². The number of hydrogen-bond acceptors (Lipinski definition) is 5. The molecule has 25 heavy (non-hydrogen) atoms. The minimum Gasteiger partial charge on any atom is -0.484 e. The van der Waals surface area contributed by atoms with Crippen molar-refractivity contribution < 1.29 is 19.1 Å². The molecule has 0 saturated carbocycles. The highest BCUT2D eigenvalue weighted by Gasteiger charge is 2.17. The van der Waals surface area contributed by atoms with Gasteiger partial charge in [-0.2, -0.15) is 0 Å². The van der Waals surface area contributed by atoms with Gasteiger partial charge in [0.25, 0.3) is 11.8 Å². The molecule has 0 unspecified atom stereocenters. The Labute approximate surface area is 145 Å². The van der Waals surface area contributed by atoms with Crippen LogP contribution in [0.4, 0.5) is 5.69 Å². The maximum atomic E-state index is 12.0. The summed E-state index contributed by atoms with van der Waals surface area (Å²) in [5, 5.41) is 2.78. The van der Waals surface area contributed by atoms with Crippen LogP contribution in [-0.4, -0.2) is 54.6 Å². The summed E-state index contributed by atoms with van der Waals surface area (Å²) in [6.45, 7) is 2.32. The lowest BCUT2D eigenvalue weighted by molar-refractivity contribution is -0.137. The molecule has 1 saturated heterocycles. The largest absolute Gasteiger partial charge is 0.484 e. The number of aromatic nitrogens is 1. The molecule has 2 heterocycles. The van der Waals surface area contributed by atoms with Crippen molar-refractivity contribution in [2.24, 2.45) is 0 Å². The topological polar surface area (TPSA) is 80.8 Å². The van der Waals surface area contributed by atoms with Crippen LogP contribution in [0.25, 0.3) is 0 Å². The molecule has 1 aliphatic rings. The summed E-state index contributed by atoms with van der Waals surface area (Å²) in [6.07, 6.45) is 3.12. The number of nitrogens with one attached hydrogen (secondary N) is 1. The average molecular weight is 341 g/mol. The first-order chi connectivity index (χ1) is 12.2. The molecule has 0 aliphatic carbocycles. The van der Waals surface area contributed by atoms with Gasteiger partial charge in [0.15, 0.2) is 6.61 Å². The fourth-order valence-electron chi connectivity index (χ4n) is 2.38. The van der Waals surface area contributed by atoms with Gasteiger partial charge in [0.1, 0.15) is 5.75 Å². The lowest BCUT2D eigenvalue weighted by atomic mass is 10.2. The van der Waals surface area contributed by atoms with E-state index in [9.17, 15) is 9.59 Å². The summed E-state index contributed by atoms with van der Waals surface area (Å²) in [6, 6.07) is 10.3. The Kier molecular flexibility index (Phi) is 5.58. The van der Waals surface area contributed by atoms with Gasteiger partial charge in [0.2, 0.25) is 0 Å². The van der Waals surface area contributed by atoms with Crippen molar-refractivity contribution in [2.75, 3.05) is 38.2 Å². The van der Waals surface area contributed by atoms with Crippen molar-refractivity contribution >= 4 is 17.5 Å². The molecule has 1 fully saturated rings. The van der Waals surface area contributed by atoms with Crippen LogP contribution in [0.5, 0.6) is 5.75 Å². The molecule has 1 aromatic heterocycles. The van der Waals surface area contributed by atoms with Gasteiger partial charge >= 0.3 is 0 Å². The first-order valence-electron chi connectivity index (χ1n) is 8.02. The quantitative estimate of drug-likeness (QED) is 0.893. The Morgan fingerprint density at radius 1 is 1.16 bits per heavy atom. The van der Waals surface area contributed by atoms with Crippen molar-refractivity contribution in [3.8, 4) is 5.75 Å². The zero-order chi connectivity index (χ0) is 17.5. The summed E-state index contributed by atoms with van der Waals surface area (Å²) < 4.78 is 10.7. The average Bonchev–Trinajstić information content (AvgIpc) is 2.68. The van der Waals surface area contributed by atoms with Gasteiger partial charge in [-0.25, -0.2) is 0 Å². The highest BCUT2D eigenvalue weighted by atomic mass is 16.5. The van der Waals surface area contributed by atoms with E-state index in [1.807, 2.05) is 0 Å². The van der Waals surface area contributed by atoms with Crippen LogP contribution in [0.1, 0.15) is 10.4 Å². The third-order valence-electron chi connectivity index (χ3n) is 3.76. The van der Waals surface area contributed by atoms with Crippen LogP contribution in [0.15, 0.2) is 48.8 Å². The van der Waals surface area contributed by atoms with Gasteiger partial charge in [-0.05, 0) is 36.4 Å². The first kappa shape index (κ1) is 16.9. The smallest absolute Gasteiger partial charge is 0.260 e. The Balaban J connectivity index is 1.50. The molecule has 0 bridgehead atoms. The molecule has 0 spiro atoms. The Hall–Kier alpha value is -2.93. The second kappa shape index (κ2) is 8.25. The molecule has 7 heteroatoms. The fraction of sp³-hybridized carbons (Fsp3) is 0.278. The molecule has 1 aliphatic heterocycles. The van der Waals surface area contributed by atoms with E-state index in [2.05, 4.69) is 10.3 Å². The Morgan fingerprint density at radius 3 is 2.60 bits per heavy atom. The summed E-state index contributed by atoms with van der Waals surface area (Å²) in [5.41, 5.74) is 1.12. The van der Waals surface area contributed by atoms with E-state index >= 15 is 0 Å². The van der Waals surface area contributed by atoms with E-state index in [0.717, 1.165) is 0 Å². The number of hydrogen-bond donors (Lipinski definition) is 1. The van der Waals surface area contributed by atoms with E-state index in [0.29, 0.717) is 43.3 Å². The number of pyridine rings is 1. The standard InChI is InChI=1S/C18H19N3O4/c22-17(21-8-10-24-11-9-21)13-25-16-5-3-15(4-6-16)20-18(23)14-2-1-7-19-12-14/h1-7,12H,8-11,13H2,(H,20,23). The number of rotatable bonds is 5. The van der Waals surface area contributed by atoms with E-state index in [-0.39, 0.29) is 18.4 Å². The van der Waals surface area contributed by atoms with Gasteiger partial charge in [0, 0.05) is 31.2 Å². The molecule has 2 aromatic rings. The molecular weight excluding hydrogens is 322 g/mol. The minimum absolute atomic E-state index is 0.0125. The number of ether oxygens (including phenoxy) is 2. The summed E-state index contributed by atoms with van der Waals surface area (Å²) in [4.78, 5) is 29.7. The SMILES string of the molecule is O=C(Nc1ccc(OCC(=O)N2CCOCC2)cc1)c1cccnc1. The van der Waals surface area contributed by atoms with E-state index in [4.69, 9.17) is 9.47 Å². The van der Waals surface area contributed by atoms with Crippen molar-refractivity contribution in [3.63, 3.8) is 0 Å². The van der Waals surface area contributed by atoms with Crippen molar-refractivity contribution in [2.45, 2.75) is 0 Å². The van der Waals surface area contributed by atoms with Gasteiger partial charge in [0.05, 0.1) is 18.8 Å². The monoisotopic (exact) mass is 341 g/mol. The number of nitrogens with zero attached hydrogens (tertiary/aromatic N) is 2. The van der Waals surface area contributed by atoms with Crippen LogP contribution in [0.3, 0.4) is 0 Å². The molecule has 130 valence electrons.